The maximum absolute atomic E-state index is 12.5. The fourth-order valence-corrected chi connectivity index (χ4v) is 2.81. The molecule has 1 aromatic heterocycles. The molecule has 3 rings (SSSR count). The summed E-state index contributed by atoms with van der Waals surface area (Å²) in [5.74, 6) is 0.778. The van der Waals surface area contributed by atoms with Crippen molar-refractivity contribution < 1.29 is 9.21 Å². The van der Waals surface area contributed by atoms with Gasteiger partial charge >= 0.3 is 0 Å². The van der Waals surface area contributed by atoms with Gasteiger partial charge in [-0.1, -0.05) is 25.1 Å². The molecule has 0 N–H and O–H groups in total. The van der Waals surface area contributed by atoms with Crippen LogP contribution >= 0.6 is 12.2 Å². The van der Waals surface area contributed by atoms with Gasteiger partial charge in [0.25, 0.3) is 0 Å². The van der Waals surface area contributed by atoms with E-state index in [1.54, 1.807) is 11.2 Å². The first-order valence-electron chi connectivity index (χ1n) is 6.87. The second kappa shape index (κ2) is 5.69. The Morgan fingerprint density at radius 1 is 1.24 bits per heavy atom. The van der Waals surface area contributed by atoms with Crippen molar-refractivity contribution in [2.45, 2.75) is 13.5 Å². The molecule has 2 aromatic rings. The molecule has 5 heteroatoms. The Kier molecular flexibility index (Phi) is 3.75. The van der Waals surface area contributed by atoms with Crippen molar-refractivity contribution in [3.05, 3.63) is 54.5 Å². The Morgan fingerprint density at radius 2 is 2.00 bits per heavy atom. The van der Waals surface area contributed by atoms with Gasteiger partial charge in [0.05, 0.1) is 24.4 Å². The first kappa shape index (κ1) is 13.8. The maximum Gasteiger partial charge on any atom is 0.237 e. The molecule has 1 fully saturated rings. The van der Waals surface area contributed by atoms with E-state index in [1.807, 2.05) is 54.3 Å². The topological polar surface area (TPSA) is 36.7 Å². The number of carbonyl (C=O) groups is 1. The maximum atomic E-state index is 12.5. The third-order valence-corrected chi connectivity index (χ3v) is 3.98. The number of benzene rings is 1. The summed E-state index contributed by atoms with van der Waals surface area (Å²) in [4.78, 5) is 16.1. The van der Waals surface area contributed by atoms with Crippen molar-refractivity contribution in [2.75, 3.05) is 11.4 Å². The summed E-state index contributed by atoms with van der Waals surface area (Å²) in [5, 5.41) is 0.528. The van der Waals surface area contributed by atoms with Gasteiger partial charge in [-0.3, -0.25) is 9.69 Å². The number of hydrogen-bond donors (Lipinski definition) is 0. The molecule has 0 aliphatic carbocycles. The molecule has 0 bridgehead atoms. The predicted molar refractivity (Wildman–Crippen MR) is 84.8 cm³/mol. The highest BCUT2D eigenvalue weighted by Crippen LogP contribution is 2.25. The number of carbonyl (C=O) groups excluding carboxylic acids is 1. The fourth-order valence-electron chi connectivity index (χ4n) is 2.48. The molecule has 4 nitrogen and oxygen atoms in total. The molecule has 1 aliphatic rings. The molecular formula is C16H16N2O2S. The molecule has 1 aromatic carbocycles. The second-order valence-corrected chi connectivity index (χ2v) is 5.52. The van der Waals surface area contributed by atoms with E-state index in [4.69, 9.17) is 16.6 Å². The minimum absolute atomic E-state index is 0.0434. The lowest BCUT2D eigenvalue weighted by atomic mass is 10.1. The Labute approximate surface area is 129 Å². The Balaban J connectivity index is 1.88. The summed E-state index contributed by atoms with van der Waals surface area (Å²) in [7, 11) is 0. The summed E-state index contributed by atoms with van der Waals surface area (Å²) in [6, 6.07) is 13.3. The van der Waals surface area contributed by atoms with Crippen LogP contribution in [0.25, 0.3) is 0 Å². The highest BCUT2D eigenvalue weighted by atomic mass is 32.1. The monoisotopic (exact) mass is 300 g/mol. The van der Waals surface area contributed by atoms with Crippen molar-refractivity contribution in [1.82, 2.24) is 4.90 Å². The number of thiocarbonyl (C=S) groups is 1. The number of anilines is 1. The first-order valence-corrected chi connectivity index (χ1v) is 7.28. The van der Waals surface area contributed by atoms with Gasteiger partial charge in [0.15, 0.2) is 5.11 Å². The minimum Gasteiger partial charge on any atom is -0.467 e. The molecule has 21 heavy (non-hydrogen) atoms. The van der Waals surface area contributed by atoms with Gasteiger partial charge in [-0.25, -0.2) is 0 Å². The van der Waals surface area contributed by atoms with E-state index in [1.165, 1.54) is 0 Å². The third-order valence-electron chi connectivity index (χ3n) is 3.54. The molecule has 1 saturated heterocycles. The van der Waals surface area contributed by atoms with Crippen LogP contribution in [0.2, 0.25) is 0 Å². The highest BCUT2D eigenvalue weighted by molar-refractivity contribution is 7.80. The summed E-state index contributed by atoms with van der Waals surface area (Å²) >= 11 is 5.52. The molecule has 0 saturated carbocycles. The summed E-state index contributed by atoms with van der Waals surface area (Å²) < 4.78 is 5.38. The molecule has 0 spiro atoms. The fraction of sp³-hybridized carbons (Fsp3) is 0.250. The van der Waals surface area contributed by atoms with Gasteiger partial charge in [-0.15, -0.1) is 0 Å². The minimum atomic E-state index is -0.105. The van der Waals surface area contributed by atoms with Gasteiger partial charge in [0, 0.05) is 6.54 Å². The zero-order chi connectivity index (χ0) is 14.8. The SMILES string of the molecule is C[C@@H]1CN(Cc2ccco2)C(=S)N(c2ccccc2)C1=O. The zero-order valence-electron chi connectivity index (χ0n) is 11.7. The van der Waals surface area contributed by atoms with Crippen molar-refractivity contribution in [1.29, 1.82) is 0 Å². The molecule has 1 aliphatic heterocycles. The lowest BCUT2D eigenvalue weighted by Gasteiger charge is -2.39. The van der Waals surface area contributed by atoms with Crippen LogP contribution in [0.15, 0.2) is 53.1 Å². The molecule has 2 heterocycles. The van der Waals surface area contributed by atoms with E-state index in [9.17, 15) is 4.79 Å². The summed E-state index contributed by atoms with van der Waals surface area (Å²) in [6.45, 7) is 3.11. The van der Waals surface area contributed by atoms with Gasteiger partial charge < -0.3 is 9.32 Å². The molecule has 1 atom stereocenters. The van der Waals surface area contributed by atoms with Crippen molar-refractivity contribution in [3.63, 3.8) is 0 Å². The van der Waals surface area contributed by atoms with Gasteiger partial charge in [0.1, 0.15) is 5.76 Å². The van der Waals surface area contributed by atoms with Crippen LogP contribution in [0.4, 0.5) is 5.69 Å². The molecular weight excluding hydrogens is 284 g/mol. The van der Waals surface area contributed by atoms with Crippen LogP contribution in [0.1, 0.15) is 12.7 Å². The third kappa shape index (κ3) is 2.69. The number of para-hydroxylation sites is 1. The largest absolute Gasteiger partial charge is 0.467 e. The number of amides is 1. The molecule has 0 unspecified atom stereocenters. The van der Waals surface area contributed by atoms with E-state index >= 15 is 0 Å². The van der Waals surface area contributed by atoms with E-state index in [-0.39, 0.29) is 11.8 Å². The highest BCUT2D eigenvalue weighted by Gasteiger charge is 2.35. The van der Waals surface area contributed by atoms with Crippen LogP contribution < -0.4 is 4.90 Å². The Morgan fingerprint density at radius 3 is 2.67 bits per heavy atom. The Bertz CT molecular complexity index is 640. The molecule has 1 amide bonds. The standard InChI is InChI=1S/C16H16N2O2S/c1-12-10-17(11-14-8-5-9-20-14)16(21)18(15(12)19)13-6-3-2-4-7-13/h2-9,12H,10-11H2,1H3/t12-/m1/s1. The predicted octanol–water partition coefficient (Wildman–Crippen LogP) is 3.05. The number of furan rings is 1. The van der Waals surface area contributed by atoms with E-state index in [0.29, 0.717) is 18.2 Å². The smallest absolute Gasteiger partial charge is 0.237 e. The van der Waals surface area contributed by atoms with Gasteiger partial charge in [-0.05, 0) is 36.5 Å². The zero-order valence-corrected chi connectivity index (χ0v) is 12.5. The summed E-state index contributed by atoms with van der Waals surface area (Å²) in [6.07, 6.45) is 1.64. The van der Waals surface area contributed by atoms with Gasteiger partial charge in [-0.2, -0.15) is 0 Å². The Hall–Kier alpha value is -2.14. The van der Waals surface area contributed by atoms with Crippen molar-refractivity contribution >= 4 is 28.9 Å². The lowest BCUT2D eigenvalue weighted by molar-refractivity contribution is -0.122. The van der Waals surface area contributed by atoms with Crippen LogP contribution in [0, 0.1) is 5.92 Å². The molecule has 0 radical (unpaired) electrons. The second-order valence-electron chi connectivity index (χ2n) is 5.15. The average molecular weight is 300 g/mol. The van der Waals surface area contributed by atoms with Gasteiger partial charge in [0.2, 0.25) is 5.91 Å². The van der Waals surface area contributed by atoms with E-state index in [2.05, 4.69) is 0 Å². The quantitative estimate of drug-likeness (QED) is 0.816. The number of rotatable bonds is 3. The number of hydrogen-bond acceptors (Lipinski definition) is 3. The van der Waals surface area contributed by atoms with Crippen molar-refractivity contribution in [3.8, 4) is 0 Å². The van der Waals surface area contributed by atoms with E-state index in [0.717, 1.165) is 11.4 Å². The first-order chi connectivity index (χ1) is 10.2. The summed E-state index contributed by atoms with van der Waals surface area (Å²) in [5.41, 5.74) is 0.809. The lowest BCUT2D eigenvalue weighted by Crippen LogP contribution is -2.55. The van der Waals surface area contributed by atoms with Crippen molar-refractivity contribution in [2.24, 2.45) is 5.92 Å². The van der Waals surface area contributed by atoms with Crippen LogP contribution in [0.3, 0.4) is 0 Å². The average Bonchev–Trinajstić information content (AvgIpc) is 2.99. The van der Waals surface area contributed by atoms with Crippen LogP contribution in [0.5, 0.6) is 0 Å². The van der Waals surface area contributed by atoms with Crippen LogP contribution in [-0.2, 0) is 11.3 Å². The molecule has 108 valence electrons. The number of nitrogens with zero attached hydrogens (tertiary/aromatic N) is 2. The van der Waals surface area contributed by atoms with E-state index < -0.39 is 0 Å². The normalized spacial score (nSPS) is 19.2. The van der Waals surface area contributed by atoms with Crippen LogP contribution in [-0.4, -0.2) is 22.5 Å².